The van der Waals surface area contributed by atoms with Crippen LogP contribution in [0.25, 0.3) is 0 Å². The Morgan fingerprint density at radius 1 is 1.20 bits per heavy atom. The first-order valence-corrected chi connectivity index (χ1v) is 10.0. The molecule has 138 valence electrons. The third-order valence-electron chi connectivity index (χ3n) is 4.56. The fraction of sp³-hybridized carbons (Fsp3) is 0.500. The lowest BCUT2D eigenvalue weighted by Gasteiger charge is -2.36. The van der Waals surface area contributed by atoms with E-state index in [9.17, 15) is 13.2 Å². The van der Waals surface area contributed by atoms with Crippen LogP contribution < -0.4 is 9.44 Å². The molecule has 0 aliphatic heterocycles. The van der Waals surface area contributed by atoms with E-state index in [0.29, 0.717) is 6.54 Å². The van der Waals surface area contributed by atoms with Crippen molar-refractivity contribution in [2.45, 2.75) is 45.1 Å². The normalized spacial score (nSPS) is 16.8. The van der Waals surface area contributed by atoms with Gasteiger partial charge in [0.15, 0.2) is 0 Å². The van der Waals surface area contributed by atoms with Crippen molar-refractivity contribution in [2.24, 2.45) is 5.41 Å². The molecule has 2 N–H and O–H groups in total. The first kappa shape index (κ1) is 19.5. The number of benzene rings is 1. The van der Waals surface area contributed by atoms with Crippen LogP contribution in [0.15, 0.2) is 43.0 Å². The van der Waals surface area contributed by atoms with Gasteiger partial charge in [0, 0.05) is 6.54 Å². The van der Waals surface area contributed by atoms with Gasteiger partial charge >= 0.3 is 16.3 Å². The van der Waals surface area contributed by atoms with Crippen LogP contribution in [0.1, 0.15) is 44.1 Å². The van der Waals surface area contributed by atoms with Crippen molar-refractivity contribution in [3.8, 4) is 0 Å². The van der Waals surface area contributed by atoms with E-state index >= 15 is 0 Å². The van der Waals surface area contributed by atoms with E-state index in [2.05, 4.69) is 11.3 Å². The number of nitrogens with one attached hydrogen (secondary N) is 2. The van der Waals surface area contributed by atoms with Gasteiger partial charge in [0.25, 0.3) is 0 Å². The minimum absolute atomic E-state index is 0.0165. The highest BCUT2D eigenvalue weighted by Crippen LogP contribution is 2.39. The zero-order chi connectivity index (χ0) is 18.2. The van der Waals surface area contributed by atoms with Gasteiger partial charge in [0.1, 0.15) is 6.61 Å². The quantitative estimate of drug-likeness (QED) is 0.692. The molecule has 1 fully saturated rings. The second-order valence-corrected chi connectivity index (χ2v) is 8.04. The molecule has 1 aromatic rings. The van der Waals surface area contributed by atoms with Crippen molar-refractivity contribution in [1.29, 1.82) is 0 Å². The maximum atomic E-state index is 12.1. The second-order valence-electron chi connectivity index (χ2n) is 6.54. The SMILES string of the molecule is C=CCC1(CNS(=O)(=O)NC(=O)OCc2ccccc2)CCCCC1. The number of rotatable bonds is 8. The van der Waals surface area contributed by atoms with E-state index in [1.807, 2.05) is 29.0 Å². The number of hydrogen-bond donors (Lipinski definition) is 2. The Kier molecular flexibility index (Phi) is 7.01. The van der Waals surface area contributed by atoms with Crippen molar-refractivity contribution in [3.05, 3.63) is 48.6 Å². The molecule has 1 aliphatic carbocycles. The summed E-state index contributed by atoms with van der Waals surface area (Å²) in [6.07, 6.45) is 6.87. The Morgan fingerprint density at radius 3 is 2.52 bits per heavy atom. The molecule has 0 radical (unpaired) electrons. The number of ether oxygens (including phenoxy) is 1. The second kappa shape index (κ2) is 9.01. The molecule has 0 unspecified atom stereocenters. The van der Waals surface area contributed by atoms with E-state index in [-0.39, 0.29) is 12.0 Å². The van der Waals surface area contributed by atoms with Gasteiger partial charge in [-0.15, -0.1) is 6.58 Å². The molecule has 0 saturated heterocycles. The number of amides is 1. The topological polar surface area (TPSA) is 84.5 Å². The lowest BCUT2D eigenvalue weighted by molar-refractivity contribution is 0.145. The van der Waals surface area contributed by atoms with Crippen molar-refractivity contribution >= 4 is 16.3 Å². The van der Waals surface area contributed by atoms with Crippen LogP contribution in [0.3, 0.4) is 0 Å². The molecule has 2 rings (SSSR count). The molecule has 0 heterocycles. The first-order chi connectivity index (χ1) is 11.9. The number of carbonyl (C=O) groups excluding carboxylic acids is 1. The van der Waals surface area contributed by atoms with Crippen LogP contribution in [-0.2, 0) is 21.6 Å². The predicted octanol–water partition coefficient (Wildman–Crippen LogP) is 3.27. The minimum Gasteiger partial charge on any atom is -0.444 e. The van der Waals surface area contributed by atoms with Crippen LogP contribution >= 0.6 is 0 Å². The Hall–Kier alpha value is -1.86. The fourth-order valence-electron chi connectivity index (χ4n) is 3.21. The zero-order valence-corrected chi connectivity index (χ0v) is 15.2. The fourth-order valence-corrected chi connectivity index (χ4v) is 4.05. The molecule has 6 nitrogen and oxygen atoms in total. The van der Waals surface area contributed by atoms with E-state index in [1.165, 1.54) is 6.42 Å². The van der Waals surface area contributed by atoms with Crippen molar-refractivity contribution < 1.29 is 17.9 Å². The monoisotopic (exact) mass is 366 g/mol. The minimum atomic E-state index is -3.95. The van der Waals surface area contributed by atoms with Gasteiger partial charge in [-0.2, -0.15) is 13.1 Å². The molecular weight excluding hydrogens is 340 g/mol. The Morgan fingerprint density at radius 2 is 1.88 bits per heavy atom. The average Bonchev–Trinajstić information content (AvgIpc) is 2.60. The predicted molar refractivity (Wildman–Crippen MR) is 97.0 cm³/mol. The maximum absolute atomic E-state index is 12.1. The molecule has 1 aromatic carbocycles. The molecular formula is C18H26N2O4S. The maximum Gasteiger partial charge on any atom is 0.422 e. The highest BCUT2D eigenvalue weighted by Gasteiger charge is 2.32. The standard InChI is InChI=1S/C18H26N2O4S/c1-2-11-18(12-7-4-8-13-18)15-19-25(22,23)20-17(21)24-14-16-9-5-3-6-10-16/h2-3,5-6,9-10,19H,1,4,7-8,11-15H2,(H,20,21). The van der Waals surface area contributed by atoms with Crippen molar-refractivity contribution in [2.75, 3.05) is 6.54 Å². The zero-order valence-electron chi connectivity index (χ0n) is 14.4. The molecule has 25 heavy (non-hydrogen) atoms. The summed E-state index contributed by atoms with van der Waals surface area (Å²) < 4.78 is 33.5. The molecule has 1 aliphatic rings. The summed E-state index contributed by atoms with van der Waals surface area (Å²) in [5, 5.41) is 0. The van der Waals surface area contributed by atoms with E-state index < -0.39 is 16.3 Å². The summed E-state index contributed by atoms with van der Waals surface area (Å²) in [4.78, 5) is 11.7. The average molecular weight is 366 g/mol. The molecule has 1 saturated carbocycles. The van der Waals surface area contributed by atoms with Gasteiger partial charge in [-0.05, 0) is 30.2 Å². The third-order valence-corrected chi connectivity index (χ3v) is 5.52. The third kappa shape index (κ3) is 6.51. The number of allylic oxidation sites excluding steroid dienone is 1. The lowest BCUT2D eigenvalue weighted by atomic mass is 9.72. The van der Waals surface area contributed by atoms with Crippen LogP contribution in [0.4, 0.5) is 4.79 Å². The number of hydrogen-bond acceptors (Lipinski definition) is 4. The van der Waals surface area contributed by atoms with Gasteiger partial charge < -0.3 is 4.74 Å². The first-order valence-electron chi connectivity index (χ1n) is 8.54. The summed E-state index contributed by atoms with van der Waals surface area (Å²) in [5.41, 5.74) is 0.679. The summed E-state index contributed by atoms with van der Waals surface area (Å²) in [5.74, 6) is 0. The summed E-state index contributed by atoms with van der Waals surface area (Å²) in [7, 11) is -3.95. The summed E-state index contributed by atoms with van der Waals surface area (Å²) >= 11 is 0. The highest BCUT2D eigenvalue weighted by atomic mass is 32.2. The Labute approximate surface area is 149 Å². The lowest BCUT2D eigenvalue weighted by Crippen LogP contribution is -2.45. The molecule has 1 amide bonds. The van der Waals surface area contributed by atoms with Gasteiger partial charge in [0.2, 0.25) is 0 Å². The summed E-state index contributed by atoms with van der Waals surface area (Å²) in [6, 6.07) is 9.07. The van der Waals surface area contributed by atoms with Crippen molar-refractivity contribution in [3.63, 3.8) is 0 Å². The van der Waals surface area contributed by atoms with Crippen LogP contribution in [0.2, 0.25) is 0 Å². The molecule has 0 aromatic heterocycles. The Balaban J connectivity index is 1.83. The van der Waals surface area contributed by atoms with E-state index in [4.69, 9.17) is 4.74 Å². The van der Waals surface area contributed by atoms with Crippen LogP contribution in [0.5, 0.6) is 0 Å². The van der Waals surface area contributed by atoms with Crippen LogP contribution in [0, 0.1) is 5.41 Å². The largest absolute Gasteiger partial charge is 0.444 e. The molecule has 0 spiro atoms. The molecule has 0 bridgehead atoms. The molecule has 7 heteroatoms. The van der Waals surface area contributed by atoms with Gasteiger partial charge in [-0.1, -0.05) is 55.7 Å². The van der Waals surface area contributed by atoms with Crippen LogP contribution in [-0.4, -0.2) is 21.1 Å². The van der Waals surface area contributed by atoms with Gasteiger partial charge in [-0.3, -0.25) is 0 Å². The number of carbonyl (C=O) groups is 1. The highest BCUT2D eigenvalue weighted by molar-refractivity contribution is 7.88. The van der Waals surface area contributed by atoms with E-state index in [1.54, 1.807) is 12.1 Å². The van der Waals surface area contributed by atoms with Gasteiger partial charge in [-0.25, -0.2) is 9.52 Å². The molecule has 0 atom stereocenters. The van der Waals surface area contributed by atoms with E-state index in [0.717, 1.165) is 37.7 Å². The van der Waals surface area contributed by atoms with Crippen molar-refractivity contribution in [1.82, 2.24) is 9.44 Å². The smallest absolute Gasteiger partial charge is 0.422 e. The Bertz CT molecular complexity index is 668. The summed E-state index contributed by atoms with van der Waals surface area (Å²) in [6.45, 7) is 4.09. The van der Waals surface area contributed by atoms with Gasteiger partial charge in [0.05, 0.1) is 0 Å².